The first-order valence-electron chi connectivity index (χ1n) is 4.59. The first-order chi connectivity index (χ1) is 6.56. The minimum atomic E-state index is -0.466. The SMILES string of the molecule is C=C(C)C(=O)OC1COC(=O)C1CC. The lowest BCUT2D eigenvalue weighted by Gasteiger charge is -2.14. The molecule has 1 fully saturated rings. The molecule has 78 valence electrons. The van der Waals surface area contributed by atoms with Crippen LogP contribution in [-0.2, 0) is 19.1 Å². The van der Waals surface area contributed by atoms with E-state index >= 15 is 0 Å². The maximum atomic E-state index is 11.2. The van der Waals surface area contributed by atoms with Gasteiger partial charge in [-0.3, -0.25) is 4.79 Å². The van der Waals surface area contributed by atoms with E-state index in [0.29, 0.717) is 12.0 Å². The molecule has 0 aromatic carbocycles. The number of hydrogen-bond acceptors (Lipinski definition) is 4. The Labute approximate surface area is 82.9 Å². The second-order valence-electron chi connectivity index (χ2n) is 3.37. The van der Waals surface area contributed by atoms with E-state index in [1.807, 2.05) is 6.92 Å². The van der Waals surface area contributed by atoms with Crippen LogP contribution in [-0.4, -0.2) is 24.6 Å². The van der Waals surface area contributed by atoms with Gasteiger partial charge in [0.2, 0.25) is 0 Å². The second-order valence-corrected chi connectivity index (χ2v) is 3.37. The fraction of sp³-hybridized carbons (Fsp3) is 0.600. The third-order valence-electron chi connectivity index (χ3n) is 2.19. The van der Waals surface area contributed by atoms with E-state index in [9.17, 15) is 9.59 Å². The van der Waals surface area contributed by atoms with Gasteiger partial charge in [0.25, 0.3) is 0 Å². The number of ether oxygens (including phenoxy) is 2. The van der Waals surface area contributed by atoms with E-state index < -0.39 is 12.1 Å². The largest absolute Gasteiger partial charge is 0.461 e. The first kappa shape index (κ1) is 10.8. The molecule has 0 aliphatic carbocycles. The molecule has 0 N–H and O–H groups in total. The van der Waals surface area contributed by atoms with E-state index in [4.69, 9.17) is 9.47 Å². The molecule has 0 aromatic heterocycles. The Morgan fingerprint density at radius 2 is 2.36 bits per heavy atom. The summed E-state index contributed by atoms with van der Waals surface area (Å²) in [5.41, 5.74) is 0.333. The molecule has 14 heavy (non-hydrogen) atoms. The van der Waals surface area contributed by atoms with Gasteiger partial charge in [-0.15, -0.1) is 0 Å². The monoisotopic (exact) mass is 198 g/mol. The second kappa shape index (κ2) is 4.26. The molecule has 1 rings (SSSR count). The van der Waals surface area contributed by atoms with E-state index in [1.54, 1.807) is 6.92 Å². The standard InChI is InChI=1S/C10H14O4/c1-4-7-8(5-13-10(7)12)14-9(11)6(2)3/h7-8H,2,4-5H2,1,3H3. The average molecular weight is 198 g/mol. The van der Waals surface area contributed by atoms with Gasteiger partial charge in [0, 0.05) is 5.57 Å². The lowest BCUT2D eigenvalue weighted by molar-refractivity contribution is -0.146. The van der Waals surface area contributed by atoms with E-state index in [0.717, 1.165) is 0 Å². The van der Waals surface area contributed by atoms with Crippen LogP contribution in [0.1, 0.15) is 20.3 Å². The van der Waals surface area contributed by atoms with Crippen molar-refractivity contribution in [3.63, 3.8) is 0 Å². The molecule has 0 spiro atoms. The summed E-state index contributed by atoms with van der Waals surface area (Å²) in [6, 6.07) is 0. The number of rotatable bonds is 3. The molecule has 1 saturated heterocycles. The summed E-state index contributed by atoms with van der Waals surface area (Å²) in [6.07, 6.45) is 0.171. The van der Waals surface area contributed by atoms with Crippen LogP contribution in [0, 0.1) is 5.92 Å². The molecule has 1 heterocycles. The van der Waals surface area contributed by atoms with Crippen LogP contribution >= 0.6 is 0 Å². The van der Waals surface area contributed by atoms with Gasteiger partial charge in [0.1, 0.15) is 12.7 Å². The van der Waals surface area contributed by atoms with Crippen molar-refractivity contribution in [3.05, 3.63) is 12.2 Å². The molecule has 0 aromatic rings. The predicted molar refractivity (Wildman–Crippen MR) is 49.4 cm³/mol. The predicted octanol–water partition coefficient (Wildman–Crippen LogP) is 1.06. The average Bonchev–Trinajstić information content (AvgIpc) is 2.46. The molecule has 1 aliphatic heterocycles. The highest BCUT2D eigenvalue weighted by Crippen LogP contribution is 2.22. The topological polar surface area (TPSA) is 52.6 Å². The first-order valence-corrected chi connectivity index (χ1v) is 4.59. The molecule has 4 heteroatoms. The molecule has 1 aliphatic rings. The van der Waals surface area contributed by atoms with Gasteiger partial charge >= 0.3 is 11.9 Å². The zero-order valence-electron chi connectivity index (χ0n) is 8.41. The van der Waals surface area contributed by atoms with Crippen LogP contribution in [0.25, 0.3) is 0 Å². The molecule has 0 radical (unpaired) electrons. The van der Waals surface area contributed by atoms with Crippen molar-refractivity contribution in [2.24, 2.45) is 5.92 Å². The van der Waals surface area contributed by atoms with Gasteiger partial charge in [-0.25, -0.2) is 4.79 Å². The highest BCUT2D eigenvalue weighted by molar-refractivity contribution is 5.87. The van der Waals surface area contributed by atoms with Crippen LogP contribution < -0.4 is 0 Å². The summed E-state index contributed by atoms with van der Waals surface area (Å²) in [4.78, 5) is 22.3. The Kier molecular flexibility index (Phi) is 3.28. The molecule has 2 atom stereocenters. The zero-order chi connectivity index (χ0) is 10.7. The lowest BCUT2D eigenvalue weighted by atomic mass is 10.0. The summed E-state index contributed by atoms with van der Waals surface area (Å²) < 4.78 is 9.87. The number of carbonyl (C=O) groups excluding carboxylic acids is 2. The number of carbonyl (C=O) groups is 2. The van der Waals surface area contributed by atoms with Crippen molar-refractivity contribution in [2.45, 2.75) is 26.4 Å². The number of hydrogen-bond donors (Lipinski definition) is 0. The smallest absolute Gasteiger partial charge is 0.333 e. The van der Waals surface area contributed by atoms with E-state index in [2.05, 4.69) is 6.58 Å². The Balaban J connectivity index is 2.57. The van der Waals surface area contributed by atoms with Crippen LogP contribution in [0.5, 0.6) is 0 Å². The van der Waals surface area contributed by atoms with Crippen LogP contribution in [0.2, 0.25) is 0 Å². The zero-order valence-corrected chi connectivity index (χ0v) is 8.41. The normalized spacial score (nSPS) is 25.7. The fourth-order valence-corrected chi connectivity index (χ4v) is 1.32. The van der Waals surface area contributed by atoms with Crippen LogP contribution in [0.4, 0.5) is 0 Å². The summed E-state index contributed by atoms with van der Waals surface area (Å²) >= 11 is 0. The van der Waals surface area contributed by atoms with Crippen molar-refractivity contribution in [1.82, 2.24) is 0 Å². The molecular formula is C10H14O4. The number of esters is 2. The van der Waals surface area contributed by atoms with Gasteiger partial charge in [-0.2, -0.15) is 0 Å². The van der Waals surface area contributed by atoms with Crippen LogP contribution in [0.15, 0.2) is 12.2 Å². The van der Waals surface area contributed by atoms with Crippen molar-refractivity contribution >= 4 is 11.9 Å². The molecule has 2 unspecified atom stereocenters. The Morgan fingerprint density at radius 1 is 1.71 bits per heavy atom. The Bertz CT molecular complexity index is 269. The molecule has 0 bridgehead atoms. The molecular weight excluding hydrogens is 184 g/mol. The van der Waals surface area contributed by atoms with Gasteiger partial charge in [0.15, 0.2) is 0 Å². The van der Waals surface area contributed by atoms with Gasteiger partial charge in [-0.1, -0.05) is 13.5 Å². The minimum Gasteiger partial charge on any atom is -0.461 e. The van der Waals surface area contributed by atoms with Crippen molar-refractivity contribution in [1.29, 1.82) is 0 Å². The third kappa shape index (κ3) is 2.13. The molecule has 0 saturated carbocycles. The maximum absolute atomic E-state index is 11.2. The highest BCUT2D eigenvalue weighted by atomic mass is 16.6. The summed E-state index contributed by atoms with van der Waals surface area (Å²) in [5, 5.41) is 0. The Hall–Kier alpha value is -1.32. The fourth-order valence-electron chi connectivity index (χ4n) is 1.32. The van der Waals surface area contributed by atoms with Crippen molar-refractivity contribution in [2.75, 3.05) is 6.61 Å². The van der Waals surface area contributed by atoms with Crippen molar-refractivity contribution < 1.29 is 19.1 Å². The minimum absolute atomic E-state index is 0.163. The molecule has 0 amide bonds. The van der Waals surface area contributed by atoms with Gasteiger partial charge < -0.3 is 9.47 Å². The van der Waals surface area contributed by atoms with E-state index in [1.165, 1.54) is 0 Å². The third-order valence-corrected chi connectivity index (χ3v) is 2.19. The molecule has 4 nitrogen and oxygen atoms in total. The summed E-state index contributed by atoms with van der Waals surface area (Å²) in [6.45, 7) is 7.06. The lowest BCUT2D eigenvalue weighted by Crippen LogP contribution is -2.26. The maximum Gasteiger partial charge on any atom is 0.333 e. The summed E-state index contributed by atoms with van der Waals surface area (Å²) in [7, 11) is 0. The quantitative estimate of drug-likeness (QED) is 0.502. The van der Waals surface area contributed by atoms with E-state index in [-0.39, 0.29) is 18.5 Å². The van der Waals surface area contributed by atoms with Gasteiger partial charge in [0.05, 0.1) is 5.92 Å². The van der Waals surface area contributed by atoms with Gasteiger partial charge in [-0.05, 0) is 13.3 Å². The highest BCUT2D eigenvalue weighted by Gasteiger charge is 2.38. The Morgan fingerprint density at radius 3 is 2.86 bits per heavy atom. The van der Waals surface area contributed by atoms with Crippen molar-refractivity contribution in [3.8, 4) is 0 Å². The van der Waals surface area contributed by atoms with Crippen LogP contribution in [0.3, 0.4) is 0 Å². The number of cyclic esters (lactones) is 1. The summed E-state index contributed by atoms with van der Waals surface area (Å²) in [5.74, 6) is -1.07.